The van der Waals surface area contributed by atoms with Crippen LogP contribution in [0.2, 0.25) is 10.0 Å². The third kappa shape index (κ3) is 4.96. The summed E-state index contributed by atoms with van der Waals surface area (Å²) >= 11 is 12.3. The molecule has 2 aliphatic heterocycles. The van der Waals surface area contributed by atoms with Gasteiger partial charge in [-0.15, -0.1) is 0 Å². The maximum Gasteiger partial charge on any atom is 0.222 e. The van der Waals surface area contributed by atoms with Crippen LogP contribution < -0.4 is 10.2 Å². The number of carbonyl (C=O) groups is 1. The van der Waals surface area contributed by atoms with Gasteiger partial charge < -0.3 is 15.3 Å². The van der Waals surface area contributed by atoms with Crippen LogP contribution in [-0.4, -0.2) is 47.9 Å². The van der Waals surface area contributed by atoms with Crippen LogP contribution in [0.4, 0.5) is 5.69 Å². The van der Waals surface area contributed by atoms with Crippen LogP contribution in [-0.2, 0) is 11.2 Å². The lowest BCUT2D eigenvalue weighted by atomic mass is 10.0. The summed E-state index contributed by atoms with van der Waals surface area (Å²) in [4.78, 5) is 24.8. The van der Waals surface area contributed by atoms with Crippen molar-refractivity contribution in [2.24, 2.45) is 9.98 Å². The number of aliphatic imine (C=N–C) groups is 2. The summed E-state index contributed by atoms with van der Waals surface area (Å²) < 4.78 is 0. The molecule has 178 valence electrons. The number of nitrogens with zero attached hydrogens (tertiary/aromatic N) is 3. The minimum atomic E-state index is -0.692. The van der Waals surface area contributed by atoms with Gasteiger partial charge in [0.05, 0.1) is 24.0 Å². The zero-order valence-corrected chi connectivity index (χ0v) is 20.4. The van der Waals surface area contributed by atoms with Crippen molar-refractivity contribution in [1.82, 2.24) is 5.32 Å². The van der Waals surface area contributed by atoms with Gasteiger partial charge in [-0.05, 0) is 30.2 Å². The average Bonchev–Trinajstić information content (AvgIpc) is 3.26. The number of hydrogen-bond donors (Lipinski definition) is 2. The number of hydrogen-bond acceptors (Lipinski definition) is 5. The first-order valence-electron chi connectivity index (χ1n) is 11.5. The summed E-state index contributed by atoms with van der Waals surface area (Å²) in [6, 6.07) is 22.9. The first-order chi connectivity index (χ1) is 17.0. The number of amides is 1. The van der Waals surface area contributed by atoms with E-state index in [0.717, 1.165) is 28.1 Å². The number of rotatable bonds is 6. The lowest BCUT2D eigenvalue weighted by Crippen LogP contribution is -2.45. The van der Waals surface area contributed by atoms with Crippen molar-refractivity contribution in [3.8, 4) is 0 Å². The Bertz CT molecular complexity index is 1310. The molecule has 2 N–H and O–H groups in total. The minimum absolute atomic E-state index is 0.0762. The first-order valence-corrected chi connectivity index (χ1v) is 12.2. The molecular formula is C27H24Cl2N4O2. The van der Waals surface area contributed by atoms with E-state index in [2.05, 4.69) is 10.2 Å². The Morgan fingerprint density at radius 1 is 1.03 bits per heavy atom. The molecule has 0 bridgehead atoms. The van der Waals surface area contributed by atoms with E-state index in [9.17, 15) is 9.90 Å². The molecule has 6 nitrogen and oxygen atoms in total. The molecule has 3 aromatic carbocycles. The molecule has 3 aromatic rings. The molecule has 0 spiro atoms. The highest BCUT2D eigenvalue weighted by atomic mass is 35.5. The topological polar surface area (TPSA) is 77.3 Å². The van der Waals surface area contributed by atoms with Crippen LogP contribution in [0.3, 0.4) is 0 Å². The third-order valence-electron chi connectivity index (χ3n) is 6.13. The number of para-hydroxylation sites is 1. The number of nitrogens with one attached hydrogen (secondary N) is 1. The highest BCUT2D eigenvalue weighted by Crippen LogP contribution is 2.31. The summed E-state index contributed by atoms with van der Waals surface area (Å²) in [5.74, 6) is 0.457. The molecule has 35 heavy (non-hydrogen) atoms. The predicted octanol–water partition coefficient (Wildman–Crippen LogP) is 4.50. The monoisotopic (exact) mass is 506 g/mol. The number of fused-ring (bicyclic) bond motifs is 3. The Balaban J connectivity index is 1.48. The molecule has 2 atom stereocenters. The van der Waals surface area contributed by atoms with E-state index in [1.165, 1.54) is 0 Å². The Morgan fingerprint density at radius 3 is 2.57 bits per heavy atom. The smallest absolute Gasteiger partial charge is 0.222 e. The first kappa shape index (κ1) is 23.5. The summed E-state index contributed by atoms with van der Waals surface area (Å²) in [5, 5.41) is 14.0. The Kier molecular flexibility index (Phi) is 6.86. The standard InChI is InChI=1S/C27H24Cl2N4O2/c28-19-12-10-17(22(29)14-19)11-13-24(35)31-26-27-30-20(16-34)15-33(27)23-9-5-4-8-21(23)25(32-26)18-6-2-1-3-7-18/h1-10,12,14,20,26,34H,11,13,15-16H2,(H,31,35)/t20-,26?/m1/s1. The van der Waals surface area contributed by atoms with Gasteiger partial charge in [-0.1, -0.05) is 77.8 Å². The number of aliphatic hydroxyl groups is 1. The fourth-order valence-corrected chi connectivity index (χ4v) is 4.93. The quantitative estimate of drug-likeness (QED) is 0.516. The molecule has 0 saturated carbocycles. The summed E-state index contributed by atoms with van der Waals surface area (Å²) in [6.07, 6.45) is 0.0133. The van der Waals surface area contributed by atoms with Gasteiger partial charge in [0, 0.05) is 34.1 Å². The second-order valence-corrected chi connectivity index (χ2v) is 9.34. The Labute approximate surface area is 213 Å². The molecule has 0 saturated heterocycles. The lowest BCUT2D eigenvalue weighted by molar-refractivity contribution is -0.121. The molecule has 0 aromatic heterocycles. The van der Waals surface area contributed by atoms with Gasteiger partial charge in [-0.2, -0.15) is 0 Å². The van der Waals surface area contributed by atoms with Crippen LogP contribution in [0.1, 0.15) is 23.1 Å². The highest BCUT2D eigenvalue weighted by molar-refractivity contribution is 6.35. The van der Waals surface area contributed by atoms with Crippen LogP contribution in [0.5, 0.6) is 0 Å². The minimum Gasteiger partial charge on any atom is -0.394 e. The van der Waals surface area contributed by atoms with E-state index in [0.29, 0.717) is 28.8 Å². The molecule has 0 aliphatic carbocycles. The van der Waals surface area contributed by atoms with Gasteiger partial charge in [0.15, 0.2) is 6.17 Å². The molecule has 2 aliphatic rings. The zero-order chi connectivity index (χ0) is 24.4. The number of halogens is 2. The number of amidine groups is 1. The molecule has 0 fully saturated rings. The van der Waals surface area contributed by atoms with Crippen LogP contribution >= 0.6 is 23.2 Å². The SMILES string of the molecule is O=C(CCc1ccc(Cl)cc1Cl)NC1N=C(c2ccccc2)c2ccccc2N2C[C@H](CO)N=C12. The summed E-state index contributed by atoms with van der Waals surface area (Å²) in [7, 11) is 0. The van der Waals surface area contributed by atoms with E-state index < -0.39 is 6.17 Å². The maximum atomic E-state index is 13.1. The molecular weight excluding hydrogens is 483 g/mol. The van der Waals surface area contributed by atoms with Crippen molar-refractivity contribution < 1.29 is 9.90 Å². The number of benzene rings is 3. The van der Waals surface area contributed by atoms with E-state index in [-0.39, 0.29) is 25.0 Å². The van der Waals surface area contributed by atoms with Gasteiger partial charge in [0.1, 0.15) is 5.84 Å². The van der Waals surface area contributed by atoms with E-state index in [4.69, 9.17) is 33.2 Å². The summed E-state index contributed by atoms with van der Waals surface area (Å²) in [6.45, 7) is 0.445. The number of aliphatic hydroxyl groups excluding tert-OH is 1. The van der Waals surface area contributed by atoms with E-state index in [1.54, 1.807) is 12.1 Å². The van der Waals surface area contributed by atoms with E-state index in [1.807, 2.05) is 60.7 Å². The van der Waals surface area contributed by atoms with Gasteiger partial charge in [-0.25, -0.2) is 0 Å². The van der Waals surface area contributed by atoms with Crippen molar-refractivity contribution in [3.63, 3.8) is 0 Å². The molecule has 0 radical (unpaired) electrons. The highest BCUT2D eigenvalue weighted by Gasteiger charge is 2.36. The van der Waals surface area contributed by atoms with Crippen molar-refractivity contribution in [2.45, 2.75) is 25.0 Å². The number of anilines is 1. The Hall–Kier alpha value is -3.19. The lowest BCUT2D eigenvalue weighted by Gasteiger charge is -2.24. The fourth-order valence-electron chi connectivity index (χ4n) is 4.43. The largest absolute Gasteiger partial charge is 0.394 e. The van der Waals surface area contributed by atoms with Crippen molar-refractivity contribution in [2.75, 3.05) is 18.1 Å². The van der Waals surface area contributed by atoms with Crippen molar-refractivity contribution in [1.29, 1.82) is 0 Å². The fraction of sp³-hybridized carbons (Fsp3) is 0.222. The second kappa shape index (κ2) is 10.2. The van der Waals surface area contributed by atoms with Gasteiger partial charge >= 0.3 is 0 Å². The average molecular weight is 507 g/mol. The maximum absolute atomic E-state index is 13.1. The zero-order valence-electron chi connectivity index (χ0n) is 18.9. The van der Waals surface area contributed by atoms with Crippen LogP contribution in [0.25, 0.3) is 0 Å². The van der Waals surface area contributed by atoms with Gasteiger partial charge in [-0.3, -0.25) is 14.8 Å². The van der Waals surface area contributed by atoms with E-state index >= 15 is 0 Å². The predicted molar refractivity (Wildman–Crippen MR) is 141 cm³/mol. The number of aryl methyl sites for hydroxylation is 1. The molecule has 2 heterocycles. The van der Waals surface area contributed by atoms with Gasteiger partial charge in [0.25, 0.3) is 0 Å². The molecule has 1 unspecified atom stereocenters. The number of carbonyl (C=O) groups excluding carboxylic acids is 1. The van der Waals surface area contributed by atoms with Crippen molar-refractivity contribution >= 4 is 46.3 Å². The van der Waals surface area contributed by atoms with Crippen molar-refractivity contribution in [3.05, 3.63) is 99.5 Å². The normalized spacial score (nSPS) is 18.8. The Morgan fingerprint density at radius 2 is 1.80 bits per heavy atom. The third-order valence-corrected chi connectivity index (χ3v) is 6.72. The molecule has 1 amide bonds. The van der Waals surface area contributed by atoms with Gasteiger partial charge in [0.2, 0.25) is 5.91 Å². The van der Waals surface area contributed by atoms with Crippen LogP contribution in [0, 0.1) is 0 Å². The molecule has 5 rings (SSSR count). The summed E-state index contributed by atoms with van der Waals surface area (Å²) in [5.41, 5.74) is 4.50. The molecule has 8 heteroatoms. The van der Waals surface area contributed by atoms with Crippen LogP contribution in [0.15, 0.2) is 82.8 Å². The second-order valence-electron chi connectivity index (χ2n) is 8.50.